The fraction of sp³-hybridized carbons (Fsp3) is 0.0476. The van der Waals surface area contributed by atoms with E-state index >= 15 is 0 Å². The van der Waals surface area contributed by atoms with Crippen molar-refractivity contribution in [2.24, 2.45) is 0 Å². The van der Waals surface area contributed by atoms with Crippen LogP contribution >= 0.6 is 0 Å². The quantitative estimate of drug-likeness (QED) is 0.576. The van der Waals surface area contributed by atoms with Gasteiger partial charge in [-0.2, -0.15) is 0 Å². The lowest BCUT2D eigenvalue weighted by molar-refractivity contribution is 0.581. The smallest absolute Gasteiger partial charge is 0.240 e. The second kappa shape index (κ2) is 7.26. The lowest BCUT2D eigenvalue weighted by Crippen LogP contribution is -2.23. The molecule has 0 aliphatic heterocycles. The number of pyridine rings is 2. The van der Waals surface area contributed by atoms with Gasteiger partial charge in [0, 0.05) is 30.7 Å². The number of fused-ring (bicyclic) bond motifs is 1. The van der Waals surface area contributed by atoms with E-state index in [1.54, 1.807) is 36.8 Å². The molecule has 0 amide bonds. The zero-order valence-electron chi connectivity index (χ0n) is 14.4. The number of nitrogens with zero attached hydrogens (tertiary/aromatic N) is 2. The van der Waals surface area contributed by atoms with Crippen molar-refractivity contribution in [3.8, 4) is 11.3 Å². The Morgan fingerprint density at radius 1 is 0.852 bits per heavy atom. The molecule has 0 aliphatic rings. The molecule has 0 spiro atoms. The SMILES string of the molecule is O=S(=O)(NCc1ccnc(-c2cccnc2)c1)c1ccc2ccccc2c1. The van der Waals surface area contributed by atoms with Crippen LogP contribution in [0.25, 0.3) is 22.0 Å². The first-order valence-electron chi connectivity index (χ1n) is 8.46. The molecule has 4 rings (SSSR count). The second-order valence-corrected chi connectivity index (χ2v) is 7.89. The monoisotopic (exact) mass is 375 g/mol. The Labute approximate surface area is 157 Å². The molecule has 0 fully saturated rings. The van der Waals surface area contributed by atoms with E-state index in [9.17, 15) is 8.42 Å². The van der Waals surface area contributed by atoms with Crippen LogP contribution in [0.3, 0.4) is 0 Å². The third kappa shape index (κ3) is 3.86. The summed E-state index contributed by atoms with van der Waals surface area (Å²) in [6.45, 7) is 0.185. The van der Waals surface area contributed by atoms with Crippen LogP contribution in [0.15, 0.2) is 90.2 Å². The van der Waals surface area contributed by atoms with E-state index in [2.05, 4.69) is 14.7 Å². The molecule has 0 bridgehead atoms. The molecule has 0 saturated carbocycles. The van der Waals surface area contributed by atoms with Crippen molar-refractivity contribution in [2.75, 3.05) is 0 Å². The number of benzene rings is 2. The molecule has 1 N–H and O–H groups in total. The van der Waals surface area contributed by atoms with E-state index in [-0.39, 0.29) is 11.4 Å². The number of nitrogens with one attached hydrogen (secondary N) is 1. The predicted octanol–water partition coefficient (Wildman–Crippen LogP) is 3.78. The van der Waals surface area contributed by atoms with Gasteiger partial charge in [0.05, 0.1) is 10.6 Å². The molecular formula is C21H17N3O2S. The Kier molecular flexibility index (Phi) is 4.66. The number of hydrogen-bond donors (Lipinski definition) is 1. The van der Waals surface area contributed by atoms with Gasteiger partial charge >= 0.3 is 0 Å². The van der Waals surface area contributed by atoms with Gasteiger partial charge in [0.15, 0.2) is 0 Å². The fourth-order valence-corrected chi connectivity index (χ4v) is 3.91. The van der Waals surface area contributed by atoms with Gasteiger partial charge in [0.25, 0.3) is 0 Å². The average Bonchev–Trinajstić information content (AvgIpc) is 2.73. The highest BCUT2D eigenvalue weighted by atomic mass is 32.2. The molecular weight excluding hydrogens is 358 g/mol. The molecule has 27 heavy (non-hydrogen) atoms. The van der Waals surface area contributed by atoms with Crippen LogP contribution in [0, 0.1) is 0 Å². The first-order valence-corrected chi connectivity index (χ1v) is 9.94. The van der Waals surface area contributed by atoms with Gasteiger partial charge in [0.2, 0.25) is 10.0 Å². The topological polar surface area (TPSA) is 72.0 Å². The van der Waals surface area contributed by atoms with E-state index in [1.807, 2.05) is 48.5 Å². The Hall–Kier alpha value is -3.09. The van der Waals surface area contributed by atoms with Crippen LogP contribution in [0.4, 0.5) is 0 Å². The lowest BCUT2D eigenvalue weighted by Gasteiger charge is -2.09. The summed E-state index contributed by atoms with van der Waals surface area (Å²) in [6, 6.07) is 20.2. The molecule has 0 saturated heterocycles. The Balaban J connectivity index is 1.55. The van der Waals surface area contributed by atoms with Crippen molar-refractivity contribution in [2.45, 2.75) is 11.4 Å². The zero-order chi connectivity index (χ0) is 18.7. The van der Waals surface area contributed by atoms with Gasteiger partial charge in [-0.15, -0.1) is 0 Å². The minimum absolute atomic E-state index is 0.185. The summed E-state index contributed by atoms with van der Waals surface area (Å²) in [4.78, 5) is 8.67. The first kappa shape index (κ1) is 17.3. The van der Waals surface area contributed by atoms with Crippen LogP contribution in [-0.4, -0.2) is 18.4 Å². The second-order valence-electron chi connectivity index (χ2n) is 6.12. The first-order chi connectivity index (χ1) is 13.1. The Morgan fingerprint density at radius 2 is 1.70 bits per heavy atom. The lowest BCUT2D eigenvalue weighted by atomic mass is 10.1. The van der Waals surface area contributed by atoms with Crippen LogP contribution in [0.1, 0.15) is 5.56 Å². The molecule has 0 radical (unpaired) electrons. The molecule has 2 aromatic carbocycles. The maximum Gasteiger partial charge on any atom is 0.240 e. The molecule has 6 heteroatoms. The molecule has 0 unspecified atom stereocenters. The van der Waals surface area contributed by atoms with Gasteiger partial charge < -0.3 is 0 Å². The van der Waals surface area contributed by atoms with E-state index < -0.39 is 10.0 Å². The molecule has 0 aliphatic carbocycles. The largest absolute Gasteiger partial charge is 0.264 e. The standard InChI is InChI=1S/C21H17N3O2S/c25-27(26,20-8-7-17-4-1-2-5-18(17)13-20)24-14-16-9-11-23-21(12-16)19-6-3-10-22-15-19/h1-13,15,24H,14H2. The fourth-order valence-electron chi connectivity index (χ4n) is 2.85. The summed E-state index contributed by atoms with van der Waals surface area (Å²) < 4.78 is 28.0. The third-order valence-electron chi connectivity index (χ3n) is 4.28. The highest BCUT2D eigenvalue weighted by molar-refractivity contribution is 7.89. The van der Waals surface area contributed by atoms with E-state index in [4.69, 9.17) is 0 Å². The highest BCUT2D eigenvalue weighted by Gasteiger charge is 2.14. The van der Waals surface area contributed by atoms with Gasteiger partial charge in [-0.3, -0.25) is 9.97 Å². The Bertz CT molecular complexity index is 1190. The maximum absolute atomic E-state index is 12.7. The van der Waals surface area contributed by atoms with Crippen LogP contribution in [-0.2, 0) is 16.6 Å². The van der Waals surface area contributed by atoms with Crippen molar-refractivity contribution < 1.29 is 8.42 Å². The average molecular weight is 375 g/mol. The molecule has 5 nitrogen and oxygen atoms in total. The minimum Gasteiger partial charge on any atom is -0.264 e. The number of sulfonamides is 1. The van der Waals surface area contributed by atoms with Gasteiger partial charge in [0.1, 0.15) is 0 Å². The number of hydrogen-bond acceptors (Lipinski definition) is 4. The normalized spacial score (nSPS) is 11.6. The molecule has 2 heterocycles. The van der Waals surface area contributed by atoms with Crippen LogP contribution < -0.4 is 4.72 Å². The van der Waals surface area contributed by atoms with Crippen LogP contribution in [0.2, 0.25) is 0 Å². The number of aromatic nitrogens is 2. The third-order valence-corrected chi connectivity index (χ3v) is 5.68. The van der Waals surface area contributed by atoms with Gasteiger partial charge in [-0.05, 0) is 52.7 Å². The van der Waals surface area contributed by atoms with Gasteiger partial charge in [-0.25, -0.2) is 13.1 Å². The summed E-state index contributed by atoms with van der Waals surface area (Å²) in [5.41, 5.74) is 2.47. The predicted molar refractivity (Wildman–Crippen MR) is 105 cm³/mol. The summed E-state index contributed by atoms with van der Waals surface area (Å²) in [6.07, 6.45) is 5.10. The van der Waals surface area contributed by atoms with Crippen molar-refractivity contribution in [3.05, 3.63) is 90.9 Å². The molecule has 0 atom stereocenters. The molecule has 4 aromatic rings. The summed E-state index contributed by atoms with van der Waals surface area (Å²) >= 11 is 0. The highest BCUT2D eigenvalue weighted by Crippen LogP contribution is 2.20. The van der Waals surface area contributed by atoms with Crippen molar-refractivity contribution in [1.82, 2.24) is 14.7 Å². The summed E-state index contributed by atoms with van der Waals surface area (Å²) in [5.74, 6) is 0. The van der Waals surface area contributed by atoms with E-state index in [0.717, 1.165) is 27.6 Å². The summed E-state index contributed by atoms with van der Waals surface area (Å²) in [5, 5.41) is 1.90. The summed E-state index contributed by atoms with van der Waals surface area (Å²) in [7, 11) is -3.61. The zero-order valence-corrected chi connectivity index (χ0v) is 15.2. The minimum atomic E-state index is -3.61. The molecule has 2 aromatic heterocycles. The van der Waals surface area contributed by atoms with Crippen molar-refractivity contribution in [3.63, 3.8) is 0 Å². The maximum atomic E-state index is 12.7. The van der Waals surface area contributed by atoms with E-state index in [1.165, 1.54) is 0 Å². The van der Waals surface area contributed by atoms with Crippen LogP contribution in [0.5, 0.6) is 0 Å². The number of rotatable bonds is 5. The van der Waals surface area contributed by atoms with Crippen molar-refractivity contribution >= 4 is 20.8 Å². The van der Waals surface area contributed by atoms with Crippen molar-refractivity contribution in [1.29, 1.82) is 0 Å². The molecule has 134 valence electrons. The van der Waals surface area contributed by atoms with E-state index in [0.29, 0.717) is 0 Å². The Morgan fingerprint density at radius 3 is 2.52 bits per heavy atom. The van der Waals surface area contributed by atoms with Gasteiger partial charge in [-0.1, -0.05) is 30.3 Å².